The molecular weight excluding hydrogens is 350 g/mol. The van der Waals surface area contributed by atoms with Crippen LogP contribution in [0.1, 0.15) is 5.56 Å². The largest absolute Gasteiger partial charge is 0.207 e. The maximum atomic E-state index is 13.4. The average molecular weight is 364 g/mol. The Morgan fingerprint density at radius 2 is 1.38 bits per heavy atom. The fourth-order valence-electron chi connectivity index (χ4n) is 2.84. The van der Waals surface area contributed by atoms with E-state index in [1.807, 2.05) is 54.6 Å². The highest BCUT2D eigenvalue weighted by molar-refractivity contribution is 7.98. The van der Waals surface area contributed by atoms with Crippen molar-refractivity contribution in [2.45, 2.75) is 10.8 Å². The van der Waals surface area contributed by atoms with E-state index >= 15 is 0 Å². The zero-order chi connectivity index (χ0) is 17.9. The van der Waals surface area contributed by atoms with Crippen LogP contribution in [0.15, 0.2) is 77.8 Å². The van der Waals surface area contributed by atoms with Crippen molar-refractivity contribution < 1.29 is 8.78 Å². The number of rotatable bonds is 4. The average Bonchev–Trinajstić information content (AvgIpc) is 2.66. The minimum Gasteiger partial charge on any atom is -0.207 e. The molecule has 1 aromatic heterocycles. The van der Waals surface area contributed by atoms with Crippen LogP contribution in [0.2, 0.25) is 0 Å². The molecule has 128 valence electrons. The monoisotopic (exact) mass is 364 g/mol. The summed E-state index contributed by atoms with van der Waals surface area (Å²) in [6, 6.07) is 21.4. The van der Waals surface area contributed by atoms with Gasteiger partial charge in [0.15, 0.2) is 0 Å². The van der Waals surface area contributed by atoms with Crippen molar-refractivity contribution in [2.75, 3.05) is 0 Å². The Hall–Kier alpha value is -2.79. The second-order valence-electron chi connectivity index (χ2n) is 5.83. The lowest BCUT2D eigenvalue weighted by Gasteiger charge is -2.09. The van der Waals surface area contributed by atoms with Crippen LogP contribution in [0.3, 0.4) is 0 Å². The molecule has 0 amide bonds. The van der Waals surface area contributed by atoms with Crippen LogP contribution in [0, 0.1) is 11.6 Å². The van der Waals surface area contributed by atoms with Gasteiger partial charge in [-0.1, -0.05) is 66.4 Å². The lowest BCUT2D eigenvalue weighted by molar-refractivity contribution is 0.581. The van der Waals surface area contributed by atoms with Crippen LogP contribution in [0.5, 0.6) is 0 Å². The van der Waals surface area contributed by atoms with Crippen molar-refractivity contribution in [1.29, 1.82) is 0 Å². The number of aromatic nitrogens is 2. The predicted octanol–water partition coefficient (Wildman–Crippen LogP) is 5.87. The second-order valence-corrected chi connectivity index (χ2v) is 6.80. The van der Waals surface area contributed by atoms with Gasteiger partial charge in [-0.2, -0.15) is 0 Å². The molecule has 4 aromatic rings. The van der Waals surface area contributed by atoms with Crippen LogP contribution in [0.25, 0.3) is 22.0 Å². The van der Waals surface area contributed by atoms with E-state index in [2.05, 4.69) is 10.2 Å². The van der Waals surface area contributed by atoms with Crippen molar-refractivity contribution in [3.8, 4) is 11.3 Å². The van der Waals surface area contributed by atoms with E-state index in [0.717, 1.165) is 33.1 Å². The summed E-state index contributed by atoms with van der Waals surface area (Å²) >= 11 is 1.42. The molecule has 26 heavy (non-hydrogen) atoms. The lowest BCUT2D eigenvalue weighted by atomic mass is 10.1. The number of hydrogen-bond donors (Lipinski definition) is 0. The van der Waals surface area contributed by atoms with E-state index in [-0.39, 0.29) is 0 Å². The molecule has 0 N–H and O–H groups in total. The van der Waals surface area contributed by atoms with E-state index in [4.69, 9.17) is 0 Å². The van der Waals surface area contributed by atoms with Crippen LogP contribution in [0.4, 0.5) is 8.78 Å². The van der Waals surface area contributed by atoms with Gasteiger partial charge in [-0.15, -0.1) is 10.2 Å². The van der Waals surface area contributed by atoms with E-state index in [9.17, 15) is 8.78 Å². The van der Waals surface area contributed by atoms with Gasteiger partial charge in [0.05, 0.1) is 0 Å². The molecule has 0 atom stereocenters. The lowest BCUT2D eigenvalue weighted by Crippen LogP contribution is -1.94. The normalized spacial score (nSPS) is 11.0. The molecule has 0 saturated carbocycles. The summed E-state index contributed by atoms with van der Waals surface area (Å²) in [7, 11) is 0. The molecule has 0 aliphatic rings. The summed E-state index contributed by atoms with van der Waals surface area (Å²) in [5, 5.41) is 11.5. The quantitative estimate of drug-likeness (QED) is 0.424. The highest BCUT2D eigenvalue weighted by Gasteiger charge is 2.11. The SMILES string of the molecule is Fc1cc(F)cc(CSc2nnc(-c3ccccc3)c3ccccc23)c1. The third-order valence-electron chi connectivity index (χ3n) is 4.00. The summed E-state index contributed by atoms with van der Waals surface area (Å²) in [4.78, 5) is 0. The summed E-state index contributed by atoms with van der Waals surface area (Å²) in [5.41, 5.74) is 2.40. The number of nitrogens with zero attached hydrogens (tertiary/aromatic N) is 2. The van der Waals surface area contributed by atoms with Crippen molar-refractivity contribution in [3.05, 3.63) is 90.0 Å². The molecule has 4 rings (SSSR count). The van der Waals surface area contributed by atoms with Gasteiger partial charge < -0.3 is 0 Å². The van der Waals surface area contributed by atoms with Crippen LogP contribution >= 0.6 is 11.8 Å². The fraction of sp³-hybridized carbons (Fsp3) is 0.0476. The highest BCUT2D eigenvalue weighted by atomic mass is 32.2. The first-order valence-corrected chi connectivity index (χ1v) is 9.08. The maximum absolute atomic E-state index is 13.4. The Balaban J connectivity index is 1.70. The zero-order valence-corrected chi connectivity index (χ0v) is 14.5. The topological polar surface area (TPSA) is 25.8 Å². The smallest absolute Gasteiger partial charge is 0.127 e. The number of halogens is 2. The zero-order valence-electron chi connectivity index (χ0n) is 13.7. The van der Waals surface area contributed by atoms with Crippen molar-refractivity contribution in [3.63, 3.8) is 0 Å². The third kappa shape index (κ3) is 3.44. The van der Waals surface area contributed by atoms with E-state index < -0.39 is 11.6 Å². The van der Waals surface area contributed by atoms with Crippen LogP contribution < -0.4 is 0 Å². The van der Waals surface area contributed by atoms with Gasteiger partial charge in [0.1, 0.15) is 22.4 Å². The Kier molecular flexibility index (Phi) is 4.63. The first-order valence-electron chi connectivity index (χ1n) is 8.09. The molecule has 3 aromatic carbocycles. The number of fused-ring (bicyclic) bond motifs is 1. The molecule has 0 fully saturated rings. The molecule has 0 aliphatic carbocycles. The van der Waals surface area contributed by atoms with Gasteiger partial charge in [0.25, 0.3) is 0 Å². The number of thioether (sulfide) groups is 1. The number of benzene rings is 3. The Morgan fingerprint density at radius 1 is 0.731 bits per heavy atom. The molecule has 0 aliphatic heterocycles. The molecule has 0 radical (unpaired) electrons. The van der Waals surface area contributed by atoms with E-state index in [0.29, 0.717) is 11.3 Å². The van der Waals surface area contributed by atoms with E-state index in [1.54, 1.807) is 0 Å². The van der Waals surface area contributed by atoms with Gasteiger partial charge in [-0.3, -0.25) is 0 Å². The minimum atomic E-state index is -0.573. The Bertz CT molecular complexity index is 1050. The molecular formula is C21H14F2N2S. The van der Waals surface area contributed by atoms with Crippen molar-refractivity contribution in [1.82, 2.24) is 10.2 Å². The maximum Gasteiger partial charge on any atom is 0.127 e. The first-order chi connectivity index (χ1) is 12.7. The predicted molar refractivity (Wildman–Crippen MR) is 101 cm³/mol. The summed E-state index contributed by atoms with van der Waals surface area (Å²) in [6.07, 6.45) is 0. The standard InChI is InChI=1S/C21H14F2N2S/c22-16-10-14(11-17(23)12-16)13-26-21-19-9-5-4-8-18(19)20(24-25-21)15-6-2-1-3-7-15/h1-12H,13H2. The van der Waals surface area contributed by atoms with Gasteiger partial charge >= 0.3 is 0 Å². The Labute approximate surface area is 153 Å². The van der Waals surface area contributed by atoms with Crippen molar-refractivity contribution in [2.24, 2.45) is 0 Å². The fourth-order valence-corrected chi connectivity index (χ4v) is 3.74. The molecule has 2 nitrogen and oxygen atoms in total. The molecule has 5 heteroatoms. The van der Waals surface area contributed by atoms with Gasteiger partial charge in [0.2, 0.25) is 0 Å². The van der Waals surface area contributed by atoms with Gasteiger partial charge in [-0.05, 0) is 17.7 Å². The molecule has 0 spiro atoms. The molecule has 1 heterocycles. The number of hydrogen-bond acceptors (Lipinski definition) is 3. The van der Waals surface area contributed by atoms with Crippen LogP contribution in [-0.4, -0.2) is 10.2 Å². The molecule has 0 bridgehead atoms. The highest BCUT2D eigenvalue weighted by Crippen LogP contribution is 2.33. The minimum absolute atomic E-state index is 0.415. The third-order valence-corrected chi connectivity index (χ3v) is 5.05. The molecule has 0 unspecified atom stereocenters. The van der Waals surface area contributed by atoms with Gasteiger partial charge in [0, 0.05) is 28.2 Å². The summed E-state index contributed by atoms with van der Waals surface area (Å²) in [6.45, 7) is 0. The van der Waals surface area contributed by atoms with Crippen LogP contribution in [-0.2, 0) is 5.75 Å². The summed E-state index contributed by atoms with van der Waals surface area (Å²) in [5.74, 6) is -0.732. The second kappa shape index (κ2) is 7.22. The van der Waals surface area contributed by atoms with E-state index in [1.165, 1.54) is 23.9 Å². The summed E-state index contributed by atoms with van der Waals surface area (Å²) < 4.78 is 26.7. The van der Waals surface area contributed by atoms with Crippen molar-refractivity contribution >= 4 is 22.5 Å². The van der Waals surface area contributed by atoms with Gasteiger partial charge in [-0.25, -0.2) is 8.78 Å². The first kappa shape index (κ1) is 16.7. The molecule has 0 saturated heterocycles. The Morgan fingerprint density at radius 3 is 2.12 bits per heavy atom.